The number of aromatic amines is 2. The molecule has 2 N–H and O–H groups in total. The molecule has 0 saturated heterocycles. The van der Waals surface area contributed by atoms with Gasteiger partial charge in [-0.05, 0) is 23.6 Å². The molecule has 1 aromatic carbocycles. The van der Waals surface area contributed by atoms with Crippen molar-refractivity contribution in [2.24, 2.45) is 0 Å². The molecule has 0 amide bonds. The van der Waals surface area contributed by atoms with Crippen molar-refractivity contribution < 1.29 is 0 Å². The van der Waals surface area contributed by atoms with Gasteiger partial charge in [0.2, 0.25) is 0 Å². The Kier molecular flexibility index (Phi) is 1.70. The highest BCUT2D eigenvalue weighted by Gasteiger charge is 2.11. The third kappa shape index (κ3) is 1.24. The van der Waals surface area contributed by atoms with E-state index in [-0.39, 0.29) is 0 Å². The van der Waals surface area contributed by atoms with Gasteiger partial charge in [0.25, 0.3) is 0 Å². The van der Waals surface area contributed by atoms with Gasteiger partial charge >= 0.3 is 0 Å². The van der Waals surface area contributed by atoms with Gasteiger partial charge < -0.3 is 4.98 Å². The van der Waals surface area contributed by atoms with Crippen molar-refractivity contribution in [3.63, 3.8) is 0 Å². The predicted molar refractivity (Wildman–Crippen MR) is 71.3 cm³/mol. The number of nitrogens with zero attached hydrogens (tertiary/aromatic N) is 1. The van der Waals surface area contributed by atoms with Crippen LogP contribution < -0.4 is 0 Å². The van der Waals surface area contributed by atoms with Crippen LogP contribution in [-0.2, 0) is 0 Å². The van der Waals surface area contributed by atoms with Gasteiger partial charge in [-0.1, -0.05) is 18.2 Å². The van der Waals surface area contributed by atoms with Crippen LogP contribution in [-0.4, -0.2) is 15.2 Å². The van der Waals surface area contributed by atoms with Crippen molar-refractivity contribution in [2.75, 3.05) is 0 Å². The highest BCUT2D eigenvalue weighted by molar-refractivity contribution is 7.17. The number of benzene rings is 1. The van der Waals surface area contributed by atoms with Crippen LogP contribution in [0.3, 0.4) is 0 Å². The maximum atomic E-state index is 4.37. The number of rotatable bonds is 1. The Balaban J connectivity index is 2.02. The van der Waals surface area contributed by atoms with Crippen molar-refractivity contribution in [1.82, 2.24) is 15.2 Å². The van der Waals surface area contributed by atoms with Crippen molar-refractivity contribution in [3.8, 4) is 11.4 Å². The highest BCUT2D eigenvalue weighted by Crippen LogP contribution is 2.31. The van der Waals surface area contributed by atoms with Gasteiger partial charge in [0, 0.05) is 10.9 Å². The molecule has 0 radical (unpaired) electrons. The van der Waals surface area contributed by atoms with Gasteiger partial charge in [-0.25, -0.2) is 0 Å². The molecule has 0 spiro atoms. The summed E-state index contributed by atoms with van der Waals surface area (Å²) in [4.78, 5) is 3.40. The fourth-order valence-electron chi connectivity index (χ4n) is 2.13. The SMILES string of the molecule is c1ccc2[nH]c(-c3n[nH]c4ccsc34)cc2c1. The van der Waals surface area contributed by atoms with Crippen LogP contribution in [0.5, 0.6) is 0 Å². The average Bonchev–Trinajstić information content (AvgIpc) is 3.02. The number of thiophene rings is 1. The van der Waals surface area contributed by atoms with Gasteiger partial charge in [0.15, 0.2) is 0 Å². The highest BCUT2D eigenvalue weighted by atomic mass is 32.1. The minimum Gasteiger partial charge on any atom is -0.353 e. The first-order valence-electron chi connectivity index (χ1n) is 5.41. The molecule has 3 heterocycles. The van der Waals surface area contributed by atoms with Crippen molar-refractivity contribution >= 4 is 32.5 Å². The molecule has 0 aliphatic rings. The summed E-state index contributed by atoms with van der Waals surface area (Å²) in [6, 6.07) is 12.5. The summed E-state index contributed by atoms with van der Waals surface area (Å²) >= 11 is 1.71. The molecule has 0 bridgehead atoms. The lowest BCUT2D eigenvalue weighted by Crippen LogP contribution is -1.76. The second-order valence-electron chi connectivity index (χ2n) is 4.01. The summed E-state index contributed by atoms with van der Waals surface area (Å²) in [6.07, 6.45) is 0. The lowest BCUT2D eigenvalue weighted by atomic mass is 10.2. The largest absolute Gasteiger partial charge is 0.353 e. The van der Waals surface area contributed by atoms with E-state index in [1.54, 1.807) is 11.3 Å². The lowest BCUT2D eigenvalue weighted by molar-refractivity contribution is 1.12. The number of para-hydroxylation sites is 1. The molecule has 3 aromatic heterocycles. The van der Waals surface area contributed by atoms with Gasteiger partial charge in [-0.15, -0.1) is 11.3 Å². The van der Waals surface area contributed by atoms with E-state index in [4.69, 9.17) is 0 Å². The molecule has 0 atom stereocenters. The molecular weight excluding hydrogens is 230 g/mol. The van der Waals surface area contributed by atoms with Crippen LogP contribution in [0.2, 0.25) is 0 Å². The van der Waals surface area contributed by atoms with E-state index in [0.717, 1.165) is 22.4 Å². The van der Waals surface area contributed by atoms with Gasteiger partial charge in [0.1, 0.15) is 5.69 Å². The fraction of sp³-hybridized carbons (Fsp3) is 0. The summed E-state index contributed by atoms with van der Waals surface area (Å²) in [5.74, 6) is 0. The Morgan fingerprint density at radius 3 is 2.94 bits per heavy atom. The average molecular weight is 239 g/mol. The summed E-state index contributed by atoms with van der Waals surface area (Å²) in [7, 11) is 0. The molecule has 4 aromatic rings. The monoisotopic (exact) mass is 239 g/mol. The Hall–Kier alpha value is -2.07. The van der Waals surface area contributed by atoms with Gasteiger partial charge in [0.05, 0.1) is 15.9 Å². The fourth-order valence-corrected chi connectivity index (χ4v) is 2.98. The third-order valence-electron chi connectivity index (χ3n) is 2.95. The van der Waals surface area contributed by atoms with E-state index in [1.807, 2.05) is 12.1 Å². The van der Waals surface area contributed by atoms with E-state index in [1.165, 1.54) is 10.1 Å². The standard InChI is InChI=1S/C13H9N3S/c1-2-4-9-8(3-1)7-11(14-9)12-13-10(15-16-12)5-6-17-13/h1-7,14H,(H,15,16). The molecule has 0 fully saturated rings. The number of hydrogen-bond donors (Lipinski definition) is 2. The zero-order valence-electron chi connectivity index (χ0n) is 8.90. The first-order chi connectivity index (χ1) is 8.42. The predicted octanol–water partition coefficient (Wildman–Crippen LogP) is 3.77. The summed E-state index contributed by atoms with van der Waals surface area (Å²) < 4.78 is 1.21. The molecule has 82 valence electrons. The molecule has 4 rings (SSSR count). The summed E-state index contributed by atoms with van der Waals surface area (Å²) in [5.41, 5.74) is 4.32. The van der Waals surface area contributed by atoms with Gasteiger partial charge in [-0.3, -0.25) is 5.10 Å². The third-order valence-corrected chi connectivity index (χ3v) is 3.87. The molecule has 0 saturated carbocycles. The molecule has 4 heteroatoms. The first kappa shape index (κ1) is 9.01. The number of H-pyrrole nitrogens is 2. The number of hydrogen-bond acceptors (Lipinski definition) is 2. The minimum atomic E-state index is 1.01. The maximum absolute atomic E-state index is 4.37. The quantitative estimate of drug-likeness (QED) is 0.521. The van der Waals surface area contributed by atoms with E-state index in [9.17, 15) is 0 Å². The number of fused-ring (bicyclic) bond motifs is 2. The molecule has 0 unspecified atom stereocenters. The smallest absolute Gasteiger partial charge is 0.126 e. The molecule has 17 heavy (non-hydrogen) atoms. The van der Waals surface area contributed by atoms with Crippen LogP contribution in [0.4, 0.5) is 0 Å². The first-order valence-corrected chi connectivity index (χ1v) is 6.29. The van der Waals surface area contributed by atoms with Crippen molar-refractivity contribution in [3.05, 3.63) is 41.8 Å². The minimum absolute atomic E-state index is 1.01. The molecule has 0 aliphatic carbocycles. The molecule has 0 aliphatic heterocycles. The normalized spacial score (nSPS) is 11.5. The second-order valence-corrected chi connectivity index (χ2v) is 4.92. The lowest BCUT2D eigenvalue weighted by Gasteiger charge is -1.89. The zero-order valence-corrected chi connectivity index (χ0v) is 9.71. The summed E-state index contributed by atoms with van der Waals surface area (Å²) in [5, 5.41) is 10.7. The van der Waals surface area contributed by atoms with Crippen LogP contribution in [0.15, 0.2) is 41.8 Å². The van der Waals surface area contributed by atoms with Crippen molar-refractivity contribution in [2.45, 2.75) is 0 Å². The molecule has 3 nitrogen and oxygen atoms in total. The van der Waals surface area contributed by atoms with E-state index in [2.05, 4.69) is 44.8 Å². The molecular formula is C13H9N3S. The van der Waals surface area contributed by atoms with E-state index >= 15 is 0 Å². The van der Waals surface area contributed by atoms with E-state index < -0.39 is 0 Å². The second kappa shape index (κ2) is 3.21. The Bertz CT molecular complexity index is 773. The topological polar surface area (TPSA) is 44.5 Å². The van der Waals surface area contributed by atoms with Crippen LogP contribution in [0.1, 0.15) is 0 Å². The maximum Gasteiger partial charge on any atom is 0.126 e. The Morgan fingerprint density at radius 2 is 2.00 bits per heavy atom. The Morgan fingerprint density at radius 1 is 1.06 bits per heavy atom. The van der Waals surface area contributed by atoms with Crippen molar-refractivity contribution in [1.29, 1.82) is 0 Å². The number of nitrogens with one attached hydrogen (secondary N) is 2. The van der Waals surface area contributed by atoms with E-state index in [0.29, 0.717) is 0 Å². The van der Waals surface area contributed by atoms with Crippen LogP contribution in [0.25, 0.3) is 32.5 Å². The van der Waals surface area contributed by atoms with Crippen LogP contribution >= 0.6 is 11.3 Å². The zero-order chi connectivity index (χ0) is 11.2. The van der Waals surface area contributed by atoms with Gasteiger partial charge in [-0.2, -0.15) is 5.10 Å². The summed E-state index contributed by atoms with van der Waals surface area (Å²) in [6.45, 7) is 0. The number of aromatic nitrogens is 3. The van der Waals surface area contributed by atoms with Crippen LogP contribution in [0, 0.1) is 0 Å². The Labute approximate surface area is 101 Å².